The van der Waals surface area contributed by atoms with E-state index in [1.54, 1.807) is 25.1 Å². The molecule has 1 N–H and O–H groups in total. The molecule has 0 fully saturated rings. The molecule has 2 aromatic rings. The molecule has 0 atom stereocenters. The van der Waals surface area contributed by atoms with Crippen molar-refractivity contribution in [1.29, 1.82) is 0 Å². The molecule has 0 radical (unpaired) electrons. The van der Waals surface area contributed by atoms with Gasteiger partial charge >= 0.3 is 5.97 Å². The third-order valence-electron chi connectivity index (χ3n) is 3.53. The fourth-order valence-corrected chi connectivity index (χ4v) is 2.24. The number of aryl methyl sites for hydroxylation is 1. The number of ether oxygens (including phenoxy) is 3. The molecule has 0 aliphatic carbocycles. The minimum Gasteiger partial charge on any atom is -0.496 e. The number of rotatable bonds is 8. The monoisotopic (exact) mass is 408 g/mol. The van der Waals surface area contributed by atoms with Gasteiger partial charge in [-0.15, -0.1) is 0 Å². The fourth-order valence-electron chi connectivity index (χ4n) is 2.12. The maximum absolute atomic E-state index is 11.9. The molecule has 0 saturated heterocycles. The number of benzene rings is 2. The number of carbonyl (C=O) groups excluding carboxylic acids is 2. The van der Waals surface area contributed by atoms with Crippen molar-refractivity contribution in [2.45, 2.75) is 6.92 Å². The Labute approximate surface area is 165 Å². The van der Waals surface area contributed by atoms with Crippen LogP contribution in [0, 0.1) is 17.0 Å². The molecule has 148 valence electrons. The Hall–Kier alpha value is -3.33. The first-order valence-corrected chi connectivity index (χ1v) is 8.35. The number of methoxy groups -OCH3 is 1. The van der Waals surface area contributed by atoms with Crippen molar-refractivity contribution in [1.82, 2.24) is 0 Å². The van der Waals surface area contributed by atoms with Gasteiger partial charge in [0.1, 0.15) is 17.2 Å². The summed E-state index contributed by atoms with van der Waals surface area (Å²) in [4.78, 5) is 34.0. The summed E-state index contributed by atoms with van der Waals surface area (Å²) >= 11 is 5.90. The first-order valence-electron chi connectivity index (χ1n) is 7.97. The predicted molar refractivity (Wildman–Crippen MR) is 101 cm³/mol. The van der Waals surface area contributed by atoms with Gasteiger partial charge in [0, 0.05) is 5.02 Å². The summed E-state index contributed by atoms with van der Waals surface area (Å²) < 4.78 is 15.0. The lowest BCUT2D eigenvalue weighted by Gasteiger charge is -2.09. The molecule has 10 heteroatoms. The van der Waals surface area contributed by atoms with Crippen LogP contribution in [0.2, 0.25) is 5.02 Å². The van der Waals surface area contributed by atoms with E-state index in [1.807, 2.05) is 0 Å². The predicted octanol–water partition coefficient (Wildman–Crippen LogP) is 3.13. The number of hydrogen-bond donors (Lipinski definition) is 1. The van der Waals surface area contributed by atoms with E-state index in [9.17, 15) is 19.7 Å². The first kappa shape index (κ1) is 21.0. The largest absolute Gasteiger partial charge is 0.496 e. The highest BCUT2D eigenvalue weighted by Gasteiger charge is 2.18. The standard InChI is InChI=1S/C18H17ClN2O7/c1-11-7-13(3-5-14(11)19)27-10-18(23)28-9-17(22)20-15-6-4-12(26-2)8-16(15)21(24)25/h3-8H,9-10H2,1-2H3,(H,20,22). The molecule has 28 heavy (non-hydrogen) atoms. The molecule has 2 aromatic carbocycles. The number of nitro benzene ring substituents is 1. The summed E-state index contributed by atoms with van der Waals surface area (Å²) in [6, 6.07) is 8.83. The van der Waals surface area contributed by atoms with Gasteiger partial charge in [0.05, 0.1) is 18.1 Å². The van der Waals surface area contributed by atoms with Crippen LogP contribution in [0.4, 0.5) is 11.4 Å². The van der Waals surface area contributed by atoms with Gasteiger partial charge in [-0.1, -0.05) is 11.6 Å². The fraction of sp³-hybridized carbons (Fsp3) is 0.222. The summed E-state index contributed by atoms with van der Waals surface area (Å²) in [5.74, 6) is -0.807. The number of nitrogens with zero attached hydrogens (tertiary/aromatic N) is 1. The van der Waals surface area contributed by atoms with Crippen LogP contribution in [-0.2, 0) is 14.3 Å². The quantitative estimate of drug-likeness (QED) is 0.405. The van der Waals surface area contributed by atoms with Gasteiger partial charge in [-0.25, -0.2) is 4.79 Å². The summed E-state index contributed by atoms with van der Waals surface area (Å²) in [6.45, 7) is 0.762. The van der Waals surface area contributed by atoms with E-state index in [2.05, 4.69) is 5.32 Å². The van der Waals surface area contributed by atoms with Crippen molar-refractivity contribution in [3.63, 3.8) is 0 Å². The summed E-state index contributed by atoms with van der Waals surface area (Å²) in [6.07, 6.45) is 0. The van der Waals surface area contributed by atoms with E-state index in [4.69, 9.17) is 25.8 Å². The Morgan fingerprint density at radius 2 is 1.86 bits per heavy atom. The van der Waals surface area contributed by atoms with Crippen LogP contribution < -0.4 is 14.8 Å². The van der Waals surface area contributed by atoms with E-state index in [-0.39, 0.29) is 17.1 Å². The van der Waals surface area contributed by atoms with Crippen LogP contribution >= 0.6 is 11.6 Å². The van der Waals surface area contributed by atoms with Gasteiger partial charge in [0.25, 0.3) is 11.6 Å². The molecule has 1 amide bonds. The highest BCUT2D eigenvalue weighted by atomic mass is 35.5. The molecule has 2 rings (SSSR count). The number of nitrogens with one attached hydrogen (secondary N) is 1. The summed E-state index contributed by atoms with van der Waals surface area (Å²) in [5, 5.41) is 14.0. The molecule has 9 nitrogen and oxygen atoms in total. The highest BCUT2D eigenvalue weighted by molar-refractivity contribution is 6.31. The van der Waals surface area contributed by atoms with Gasteiger partial charge < -0.3 is 19.5 Å². The number of hydrogen-bond acceptors (Lipinski definition) is 7. The van der Waals surface area contributed by atoms with Crippen LogP contribution in [0.3, 0.4) is 0 Å². The van der Waals surface area contributed by atoms with E-state index in [0.29, 0.717) is 10.8 Å². The van der Waals surface area contributed by atoms with Crippen LogP contribution in [0.1, 0.15) is 5.56 Å². The van der Waals surface area contributed by atoms with Crippen LogP contribution in [0.15, 0.2) is 36.4 Å². The van der Waals surface area contributed by atoms with Crippen LogP contribution in [0.25, 0.3) is 0 Å². The topological polar surface area (TPSA) is 117 Å². The molecule has 0 unspecified atom stereocenters. The zero-order chi connectivity index (χ0) is 20.7. The Morgan fingerprint density at radius 3 is 2.50 bits per heavy atom. The van der Waals surface area contributed by atoms with Gasteiger partial charge in [-0.3, -0.25) is 14.9 Å². The number of halogens is 1. The molecule has 0 aromatic heterocycles. The minimum atomic E-state index is -0.771. The number of esters is 1. The van der Waals surface area contributed by atoms with Crippen molar-refractivity contribution < 1.29 is 28.7 Å². The Balaban J connectivity index is 1.85. The smallest absolute Gasteiger partial charge is 0.344 e. The van der Waals surface area contributed by atoms with Crippen LogP contribution in [-0.4, -0.2) is 37.1 Å². The minimum absolute atomic E-state index is 0.0419. The lowest BCUT2D eigenvalue weighted by Crippen LogP contribution is -2.24. The third kappa shape index (κ3) is 5.85. The second-order valence-electron chi connectivity index (χ2n) is 5.55. The maximum atomic E-state index is 11.9. The van der Waals surface area contributed by atoms with Gasteiger partial charge in [0.2, 0.25) is 0 Å². The van der Waals surface area contributed by atoms with Crippen LogP contribution in [0.5, 0.6) is 11.5 Å². The number of nitro groups is 1. The van der Waals surface area contributed by atoms with Crippen molar-refractivity contribution >= 4 is 34.9 Å². The molecule has 0 heterocycles. The Bertz CT molecular complexity index is 901. The molecule has 0 saturated carbocycles. The number of amides is 1. The normalized spacial score (nSPS) is 10.1. The SMILES string of the molecule is COc1ccc(NC(=O)COC(=O)COc2ccc(Cl)c(C)c2)c([N+](=O)[O-])c1. The van der Waals surface area contributed by atoms with Gasteiger partial charge in [0.15, 0.2) is 13.2 Å². The molecule has 0 bridgehead atoms. The summed E-state index contributed by atoms with van der Waals surface area (Å²) in [5.41, 5.74) is 0.396. The van der Waals surface area contributed by atoms with E-state index < -0.39 is 30.0 Å². The second kappa shape index (κ2) is 9.56. The zero-order valence-electron chi connectivity index (χ0n) is 15.1. The van der Waals surface area contributed by atoms with E-state index in [1.165, 1.54) is 25.3 Å². The molecule has 0 spiro atoms. The average molecular weight is 409 g/mol. The molecular weight excluding hydrogens is 392 g/mol. The van der Waals surface area contributed by atoms with Crippen molar-refractivity contribution in [2.75, 3.05) is 25.6 Å². The number of carbonyl (C=O) groups is 2. The van der Waals surface area contributed by atoms with E-state index >= 15 is 0 Å². The molecular formula is C18H17ClN2O7. The Kier molecular flexibility index (Phi) is 7.16. The molecule has 0 aliphatic rings. The third-order valence-corrected chi connectivity index (χ3v) is 3.95. The van der Waals surface area contributed by atoms with E-state index in [0.717, 1.165) is 5.56 Å². The van der Waals surface area contributed by atoms with Crippen molar-refractivity contribution in [3.8, 4) is 11.5 Å². The lowest BCUT2D eigenvalue weighted by atomic mass is 10.2. The van der Waals surface area contributed by atoms with Crippen molar-refractivity contribution in [3.05, 3.63) is 57.1 Å². The zero-order valence-corrected chi connectivity index (χ0v) is 15.8. The summed E-state index contributed by atoms with van der Waals surface area (Å²) in [7, 11) is 1.37. The number of anilines is 1. The Morgan fingerprint density at radius 1 is 1.14 bits per heavy atom. The van der Waals surface area contributed by atoms with Gasteiger partial charge in [-0.2, -0.15) is 0 Å². The first-order chi connectivity index (χ1) is 13.3. The maximum Gasteiger partial charge on any atom is 0.344 e. The van der Waals surface area contributed by atoms with Crippen molar-refractivity contribution in [2.24, 2.45) is 0 Å². The van der Waals surface area contributed by atoms with Gasteiger partial charge in [-0.05, 0) is 42.8 Å². The highest BCUT2D eigenvalue weighted by Crippen LogP contribution is 2.28. The second-order valence-corrected chi connectivity index (χ2v) is 5.96. The lowest BCUT2D eigenvalue weighted by molar-refractivity contribution is -0.384. The molecule has 0 aliphatic heterocycles. The average Bonchev–Trinajstić information content (AvgIpc) is 2.67.